The molecular formula is C29H41FO. The second-order valence-electron chi connectivity index (χ2n) is 8.88. The smallest absolute Gasteiger partial charge is 0.162 e. The maximum Gasteiger partial charge on any atom is 0.162 e. The van der Waals surface area contributed by atoms with Gasteiger partial charge in [0, 0.05) is 18.4 Å². The van der Waals surface area contributed by atoms with Crippen LogP contribution in [-0.4, -0.2) is 5.78 Å². The van der Waals surface area contributed by atoms with Crippen molar-refractivity contribution >= 4 is 5.78 Å². The molecule has 0 bridgehead atoms. The van der Waals surface area contributed by atoms with Crippen molar-refractivity contribution in [2.24, 2.45) is 0 Å². The zero-order valence-corrected chi connectivity index (χ0v) is 19.5. The number of unbranched alkanes of at least 4 members (excludes halogenated alkanes) is 12. The first-order valence-electron chi connectivity index (χ1n) is 12.6. The van der Waals surface area contributed by atoms with Crippen LogP contribution in [0, 0.1) is 5.82 Å². The number of ketones is 1. The number of halogens is 1. The molecular weight excluding hydrogens is 383 g/mol. The fourth-order valence-corrected chi connectivity index (χ4v) is 4.12. The summed E-state index contributed by atoms with van der Waals surface area (Å²) in [7, 11) is 0. The Labute approximate surface area is 189 Å². The van der Waals surface area contributed by atoms with E-state index in [0.29, 0.717) is 18.4 Å². The Hall–Kier alpha value is -1.96. The van der Waals surface area contributed by atoms with E-state index in [4.69, 9.17) is 0 Å². The third-order valence-electron chi connectivity index (χ3n) is 6.14. The summed E-state index contributed by atoms with van der Waals surface area (Å²) in [4.78, 5) is 12.4. The molecule has 0 radical (unpaired) electrons. The molecule has 0 saturated carbocycles. The topological polar surface area (TPSA) is 17.1 Å². The fraction of sp³-hybridized carbons (Fsp3) is 0.552. The summed E-state index contributed by atoms with van der Waals surface area (Å²) < 4.78 is 13.8. The fourth-order valence-electron chi connectivity index (χ4n) is 4.12. The van der Waals surface area contributed by atoms with Gasteiger partial charge in [0.1, 0.15) is 5.82 Å². The van der Waals surface area contributed by atoms with Gasteiger partial charge in [-0.2, -0.15) is 0 Å². The third-order valence-corrected chi connectivity index (χ3v) is 6.14. The average Bonchev–Trinajstić information content (AvgIpc) is 2.79. The Morgan fingerprint density at radius 1 is 0.677 bits per heavy atom. The Bertz CT molecular complexity index is 735. The van der Waals surface area contributed by atoms with Crippen LogP contribution in [0.5, 0.6) is 0 Å². The van der Waals surface area contributed by atoms with E-state index in [9.17, 15) is 9.18 Å². The SMILES string of the molecule is CCCCCCCCCCCCCCCC(=O)c1ccc(Cc2ccccc2F)cc1. The number of Topliss-reactive ketones (excluding diaryl/α,β-unsaturated/α-hetero) is 1. The first-order valence-corrected chi connectivity index (χ1v) is 12.6. The van der Waals surface area contributed by atoms with Crippen LogP contribution in [0.4, 0.5) is 4.39 Å². The van der Waals surface area contributed by atoms with Gasteiger partial charge in [0.05, 0.1) is 0 Å². The van der Waals surface area contributed by atoms with E-state index < -0.39 is 0 Å². The van der Waals surface area contributed by atoms with Gasteiger partial charge in [0.25, 0.3) is 0 Å². The van der Waals surface area contributed by atoms with Crippen LogP contribution in [0.3, 0.4) is 0 Å². The molecule has 31 heavy (non-hydrogen) atoms. The minimum absolute atomic E-state index is 0.176. The molecule has 0 fully saturated rings. The van der Waals surface area contributed by atoms with Crippen molar-refractivity contribution in [1.82, 2.24) is 0 Å². The Morgan fingerprint density at radius 3 is 1.74 bits per heavy atom. The summed E-state index contributed by atoms with van der Waals surface area (Å²) >= 11 is 0. The Balaban J connectivity index is 1.51. The molecule has 0 N–H and O–H groups in total. The van der Waals surface area contributed by atoms with Crippen molar-refractivity contribution in [3.63, 3.8) is 0 Å². The van der Waals surface area contributed by atoms with E-state index in [1.165, 1.54) is 76.7 Å². The number of rotatable bonds is 17. The molecule has 0 aliphatic rings. The molecule has 0 unspecified atom stereocenters. The summed E-state index contributed by atoms with van der Waals surface area (Å²) in [6, 6.07) is 14.5. The predicted molar refractivity (Wildman–Crippen MR) is 130 cm³/mol. The zero-order chi connectivity index (χ0) is 22.2. The molecule has 0 aromatic heterocycles. The van der Waals surface area contributed by atoms with Crippen LogP contribution < -0.4 is 0 Å². The van der Waals surface area contributed by atoms with Crippen molar-refractivity contribution < 1.29 is 9.18 Å². The maximum atomic E-state index is 13.8. The van der Waals surface area contributed by atoms with Crippen molar-refractivity contribution in [1.29, 1.82) is 0 Å². The third kappa shape index (κ3) is 10.8. The van der Waals surface area contributed by atoms with Crippen LogP contribution in [-0.2, 0) is 6.42 Å². The Kier molecular flexibility index (Phi) is 12.9. The lowest BCUT2D eigenvalue weighted by atomic mass is 9.99. The van der Waals surface area contributed by atoms with Gasteiger partial charge in [0.2, 0.25) is 0 Å². The van der Waals surface area contributed by atoms with Crippen molar-refractivity contribution in [2.45, 2.75) is 103 Å². The second-order valence-corrected chi connectivity index (χ2v) is 8.88. The number of carbonyl (C=O) groups excluding carboxylic acids is 1. The number of carbonyl (C=O) groups is 1. The lowest BCUT2D eigenvalue weighted by molar-refractivity contribution is 0.0979. The second kappa shape index (κ2) is 15.8. The van der Waals surface area contributed by atoms with Crippen LogP contribution in [0.25, 0.3) is 0 Å². The van der Waals surface area contributed by atoms with Crippen molar-refractivity contribution in [3.8, 4) is 0 Å². The maximum absolute atomic E-state index is 13.8. The van der Waals surface area contributed by atoms with E-state index in [-0.39, 0.29) is 11.6 Å². The highest BCUT2D eigenvalue weighted by atomic mass is 19.1. The number of hydrogen-bond donors (Lipinski definition) is 0. The molecule has 0 amide bonds. The lowest BCUT2D eigenvalue weighted by Gasteiger charge is -2.06. The summed E-state index contributed by atoms with van der Waals surface area (Å²) in [5.41, 5.74) is 2.49. The molecule has 2 aromatic carbocycles. The highest BCUT2D eigenvalue weighted by molar-refractivity contribution is 5.96. The molecule has 0 spiro atoms. The molecule has 2 aromatic rings. The highest BCUT2D eigenvalue weighted by Crippen LogP contribution is 2.16. The first-order chi connectivity index (χ1) is 15.2. The summed E-state index contributed by atoms with van der Waals surface area (Å²) in [6.07, 6.45) is 18.3. The van der Waals surface area contributed by atoms with Crippen LogP contribution >= 0.6 is 0 Å². The van der Waals surface area contributed by atoms with Gasteiger partial charge in [-0.3, -0.25) is 4.79 Å². The van der Waals surface area contributed by atoms with Crippen LogP contribution in [0.1, 0.15) is 118 Å². The largest absolute Gasteiger partial charge is 0.294 e. The van der Waals surface area contributed by atoms with Gasteiger partial charge in [0.15, 0.2) is 5.78 Å². The highest BCUT2D eigenvalue weighted by Gasteiger charge is 2.07. The number of hydrogen-bond acceptors (Lipinski definition) is 1. The minimum Gasteiger partial charge on any atom is -0.294 e. The van der Waals surface area contributed by atoms with E-state index in [1.807, 2.05) is 36.4 Å². The molecule has 170 valence electrons. The molecule has 0 aliphatic carbocycles. The number of benzene rings is 2. The average molecular weight is 425 g/mol. The van der Waals surface area contributed by atoms with Gasteiger partial charge < -0.3 is 0 Å². The minimum atomic E-state index is -0.176. The molecule has 0 atom stereocenters. The lowest BCUT2D eigenvalue weighted by Crippen LogP contribution is -2.00. The van der Waals surface area contributed by atoms with Gasteiger partial charge >= 0.3 is 0 Å². The van der Waals surface area contributed by atoms with Gasteiger partial charge in [-0.1, -0.05) is 126 Å². The van der Waals surface area contributed by atoms with Gasteiger partial charge in [-0.15, -0.1) is 0 Å². The standard InChI is InChI=1S/C29H41FO/c1-2-3-4-5-6-7-8-9-10-11-12-13-14-19-29(31)26-22-20-25(21-23-26)24-27-17-15-16-18-28(27)30/h15-18,20-23H,2-14,19,24H2,1H3. The van der Waals surface area contributed by atoms with Gasteiger partial charge in [-0.25, -0.2) is 4.39 Å². The van der Waals surface area contributed by atoms with Gasteiger partial charge in [-0.05, 0) is 23.6 Å². The van der Waals surface area contributed by atoms with Crippen LogP contribution in [0.15, 0.2) is 48.5 Å². The molecule has 1 nitrogen and oxygen atoms in total. The summed E-state index contributed by atoms with van der Waals surface area (Å²) in [5, 5.41) is 0. The van der Waals surface area contributed by atoms with Crippen molar-refractivity contribution in [3.05, 3.63) is 71.0 Å². The Morgan fingerprint density at radius 2 is 1.19 bits per heavy atom. The first kappa shape index (κ1) is 25.3. The van der Waals surface area contributed by atoms with E-state index >= 15 is 0 Å². The summed E-state index contributed by atoms with van der Waals surface area (Å²) in [6.45, 7) is 2.27. The van der Waals surface area contributed by atoms with E-state index in [2.05, 4.69) is 6.92 Å². The molecule has 0 aliphatic heterocycles. The van der Waals surface area contributed by atoms with Crippen molar-refractivity contribution in [2.75, 3.05) is 0 Å². The monoisotopic (exact) mass is 424 g/mol. The quantitative estimate of drug-likeness (QED) is 0.183. The summed E-state index contributed by atoms with van der Waals surface area (Å²) in [5.74, 6) is 0.0468. The van der Waals surface area contributed by atoms with E-state index in [0.717, 1.165) is 24.0 Å². The molecule has 0 heterocycles. The molecule has 2 heteroatoms. The zero-order valence-electron chi connectivity index (χ0n) is 19.5. The predicted octanol–water partition coefficient (Wildman–Crippen LogP) is 9.08. The van der Waals surface area contributed by atoms with E-state index in [1.54, 1.807) is 6.07 Å². The molecule has 0 saturated heterocycles. The van der Waals surface area contributed by atoms with Crippen LogP contribution in [0.2, 0.25) is 0 Å². The normalized spacial score (nSPS) is 11.0. The molecule has 2 rings (SSSR count).